The maximum absolute atomic E-state index is 6.72. The van der Waals surface area contributed by atoms with Crippen LogP contribution in [0.5, 0.6) is 0 Å². The fourth-order valence-corrected chi connectivity index (χ4v) is 7.06. The van der Waals surface area contributed by atoms with Gasteiger partial charge in [0.15, 0.2) is 0 Å². The molecule has 4 heteroatoms. The Hall–Kier alpha value is -4.30. The van der Waals surface area contributed by atoms with Crippen LogP contribution in [0.3, 0.4) is 0 Å². The highest BCUT2D eigenvalue weighted by Gasteiger charge is 2.27. The van der Waals surface area contributed by atoms with E-state index in [2.05, 4.69) is 129 Å². The second-order valence-electron chi connectivity index (χ2n) is 10.5. The van der Waals surface area contributed by atoms with Gasteiger partial charge in [-0.2, -0.15) is 0 Å². The Kier molecular flexibility index (Phi) is 6.20. The molecule has 6 aromatic carbocycles. The Morgan fingerprint density at radius 2 is 1.07 bits per heavy atom. The molecular formula is C36H30NO2P. The number of rotatable bonds is 4. The Labute approximate surface area is 234 Å². The zero-order chi connectivity index (χ0) is 27.2. The van der Waals surface area contributed by atoms with Crippen molar-refractivity contribution in [2.45, 2.75) is 25.7 Å². The van der Waals surface area contributed by atoms with Crippen molar-refractivity contribution >= 4 is 51.6 Å². The van der Waals surface area contributed by atoms with E-state index in [0.717, 1.165) is 38.1 Å². The first-order valence-corrected chi connectivity index (χ1v) is 15.0. The Balaban J connectivity index is 1.76. The van der Waals surface area contributed by atoms with Crippen molar-refractivity contribution in [1.29, 1.82) is 0 Å². The summed E-state index contributed by atoms with van der Waals surface area (Å²) in [7, 11) is -1.70. The van der Waals surface area contributed by atoms with Gasteiger partial charge in [-0.1, -0.05) is 129 Å². The maximum Gasteiger partial charge on any atom is 0.303 e. The quantitative estimate of drug-likeness (QED) is 0.242. The largest absolute Gasteiger partial charge is 0.408 e. The van der Waals surface area contributed by atoms with Crippen molar-refractivity contribution in [2.24, 2.45) is 0 Å². The number of nitrogen functional groups attached to an aromatic ring is 1. The topological polar surface area (TPSA) is 52.3 Å². The molecular weight excluding hydrogens is 509 g/mol. The highest BCUT2D eigenvalue weighted by atomic mass is 31.1. The molecule has 1 heterocycles. The van der Waals surface area contributed by atoms with E-state index < -0.39 is 8.16 Å². The van der Waals surface area contributed by atoms with Crippen molar-refractivity contribution in [1.82, 2.24) is 0 Å². The van der Waals surface area contributed by atoms with E-state index in [1.54, 1.807) is 0 Å². The zero-order valence-corrected chi connectivity index (χ0v) is 23.4. The molecule has 0 saturated heterocycles. The van der Waals surface area contributed by atoms with Crippen molar-refractivity contribution in [3.05, 3.63) is 144 Å². The van der Waals surface area contributed by atoms with Crippen LogP contribution < -0.4 is 5.50 Å². The van der Waals surface area contributed by atoms with Crippen molar-refractivity contribution in [3.63, 3.8) is 0 Å². The van der Waals surface area contributed by atoms with E-state index in [9.17, 15) is 0 Å². The molecule has 40 heavy (non-hydrogen) atoms. The number of hydrogen-bond donors (Lipinski definition) is 1. The smallest absolute Gasteiger partial charge is 0.303 e. The second-order valence-corrected chi connectivity index (χ2v) is 11.4. The van der Waals surface area contributed by atoms with E-state index in [0.29, 0.717) is 0 Å². The molecule has 0 spiro atoms. The molecule has 0 amide bonds. The molecule has 1 aromatic heterocycles. The van der Waals surface area contributed by atoms with Gasteiger partial charge in [0.05, 0.1) is 0 Å². The van der Waals surface area contributed by atoms with E-state index in [4.69, 9.17) is 13.9 Å². The summed E-state index contributed by atoms with van der Waals surface area (Å²) in [6.45, 7) is 4.57. The first-order chi connectivity index (χ1) is 19.6. The molecule has 7 aromatic rings. The molecule has 196 valence electrons. The number of benzene rings is 6. The van der Waals surface area contributed by atoms with Crippen LogP contribution in [0.25, 0.3) is 43.5 Å². The molecule has 3 nitrogen and oxygen atoms in total. The number of hydrogen-bond acceptors (Lipinski definition) is 3. The van der Waals surface area contributed by atoms with Crippen molar-refractivity contribution in [3.8, 4) is 0 Å². The van der Waals surface area contributed by atoms with Crippen LogP contribution in [-0.2, 0) is 0 Å². The molecule has 1 unspecified atom stereocenters. The number of fused-ring (bicyclic) bond motifs is 7. The predicted octanol–water partition coefficient (Wildman–Crippen LogP) is 10.6. The van der Waals surface area contributed by atoms with Crippen LogP contribution >= 0.6 is 8.16 Å². The monoisotopic (exact) mass is 539 g/mol. The van der Waals surface area contributed by atoms with Gasteiger partial charge in [-0.05, 0) is 44.3 Å². The van der Waals surface area contributed by atoms with Crippen LogP contribution in [-0.4, -0.2) is 0 Å². The third kappa shape index (κ3) is 4.02. The second kappa shape index (κ2) is 10.0. The van der Waals surface area contributed by atoms with E-state index in [1.807, 2.05) is 6.07 Å². The van der Waals surface area contributed by atoms with Crippen molar-refractivity contribution in [2.75, 3.05) is 5.50 Å². The lowest BCUT2D eigenvalue weighted by Gasteiger charge is -2.25. The summed E-state index contributed by atoms with van der Waals surface area (Å²) in [5.74, 6) is 0.182. The summed E-state index contributed by atoms with van der Waals surface area (Å²) in [6.07, 6.45) is 0. The Morgan fingerprint density at radius 3 is 1.75 bits per heavy atom. The maximum atomic E-state index is 6.72. The lowest BCUT2D eigenvalue weighted by Crippen LogP contribution is -2.08. The molecule has 0 bridgehead atoms. The Morgan fingerprint density at radius 1 is 0.525 bits per heavy atom. The molecule has 3 atom stereocenters. The summed E-state index contributed by atoms with van der Waals surface area (Å²) >= 11 is 0. The fraction of sp³-hybridized carbons (Fsp3) is 0.111. The highest BCUT2D eigenvalue weighted by molar-refractivity contribution is 7.36. The van der Waals surface area contributed by atoms with Crippen LogP contribution in [0.1, 0.15) is 47.9 Å². The van der Waals surface area contributed by atoms with Gasteiger partial charge < -0.3 is 8.39 Å². The first-order valence-electron chi connectivity index (χ1n) is 13.7. The first kappa shape index (κ1) is 24.7. The lowest BCUT2D eigenvalue weighted by atomic mass is 9.78. The van der Waals surface area contributed by atoms with Gasteiger partial charge in [0.1, 0.15) is 11.2 Å². The van der Waals surface area contributed by atoms with Gasteiger partial charge in [-0.3, -0.25) is 0 Å². The highest BCUT2D eigenvalue weighted by Crippen LogP contribution is 2.47. The van der Waals surface area contributed by atoms with Gasteiger partial charge in [-0.25, -0.2) is 5.50 Å². The average molecular weight is 540 g/mol. The van der Waals surface area contributed by atoms with Crippen LogP contribution in [0.2, 0.25) is 0 Å². The van der Waals surface area contributed by atoms with Gasteiger partial charge in [0.2, 0.25) is 0 Å². The van der Waals surface area contributed by atoms with E-state index in [1.165, 1.54) is 27.6 Å². The standard InChI is InChI=1S/C36H30NO2P/c1-23(25-13-5-3-6-14-25)32-29-19-11-12-20-30(29)35-34-28-18-10-9-17-27(28)21-22-31(34)38-40(37)39-36(35)33(32)24(2)26-15-7-4-8-16-26/h3-24H,37H2,1-2H3/t23-,24-,40?/m0/s1. The molecule has 0 fully saturated rings. The summed E-state index contributed by atoms with van der Waals surface area (Å²) in [5, 5.41) is 6.75. The Bertz CT molecular complexity index is 2050. The van der Waals surface area contributed by atoms with Gasteiger partial charge in [-0.15, -0.1) is 0 Å². The lowest BCUT2D eigenvalue weighted by molar-refractivity contribution is 0.642. The molecule has 7 rings (SSSR count). The van der Waals surface area contributed by atoms with Crippen molar-refractivity contribution < 1.29 is 8.39 Å². The van der Waals surface area contributed by atoms with Gasteiger partial charge >= 0.3 is 8.16 Å². The zero-order valence-electron chi connectivity index (χ0n) is 22.5. The average Bonchev–Trinajstić information content (AvgIpc) is 3.16. The van der Waals surface area contributed by atoms with Gasteiger partial charge in [0, 0.05) is 28.2 Å². The minimum absolute atomic E-state index is 0.0562. The number of nitrogens with two attached hydrogens (primary N) is 1. The minimum atomic E-state index is -1.70. The van der Waals surface area contributed by atoms with Crippen LogP contribution in [0, 0.1) is 0 Å². The third-order valence-corrected chi connectivity index (χ3v) is 8.96. The third-order valence-electron chi connectivity index (χ3n) is 8.22. The SMILES string of the molecule is C[C@@H](c1ccccc1)c1c([C@@H](C)c2ccccc2)c2op(N)oc3ccc4ccccc4c3c2c2ccccc12. The van der Waals surface area contributed by atoms with Crippen LogP contribution in [0.4, 0.5) is 0 Å². The molecule has 0 aliphatic heterocycles. The molecule has 0 saturated carbocycles. The van der Waals surface area contributed by atoms with Gasteiger partial charge in [0.25, 0.3) is 0 Å². The normalized spacial score (nSPS) is 13.6. The predicted molar refractivity (Wildman–Crippen MR) is 169 cm³/mol. The molecule has 0 aliphatic carbocycles. The summed E-state index contributed by atoms with van der Waals surface area (Å²) in [5.41, 5.74) is 13.1. The fourth-order valence-electron chi connectivity index (χ4n) is 6.31. The summed E-state index contributed by atoms with van der Waals surface area (Å²) < 4.78 is 13.1. The molecule has 0 radical (unpaired) electrons. The minimum Gasteiger partial charge on any atom is -0.408 e. The summed E-state index contributed by atoms with van der Waals surface area (Å²) in [4.78, 5) is 0. The van der Waals surface area contributed by atoms with E-state index >= 15 is 0 Å². The molecule has 2 N–H and O–H groups in total. The van der Waals surface area contributed by atoms with E-state index in [-0.39, 0.29) is 11.8 Å². The molecule has 0 aliphatic rings. The summed E-state index contributed by atoms with van der Waals surface area (Å²) in [6, 6.07) is 42.7. The van der Waals surface area contributed by atoms with Crippen LogP contribution in [0.15, 0.2) is 130 Å².